The van der Waals surface area contributed by atoms with Crippen LogP contribution in [-0.2, 0) is 10.0 Å². The zero-order valence-corrected chi connectivity index (χ0v) is 13.7. The van der Waals surface area contributed by atoms with E-state index in [1.54, 1.807) is 6.07 Å². The maximum absolute atomic E-state index is 12.2. The third-order valence-electron chi connectivity index (χ3n) is 2.98. The topological polar surface area (TPSA) is 90.7 Å². The Labute approximate surface area is 126 Å². The van der Waals surface area contributed by atoms with Gasteiger partial charge >= 0.3 is 0 Å². The molecule has 0 radical (unpaired) electrons. The second kappa shape index (κ2) is 7.63. The van der Waals surface area contributed by atoms with Crippen LogP contribution in [0.5, 0.6) is 11.5 Å². The van der Waals surface area contributed by atoms with Crippen LogP contribution in [-0.4, -0.2) is 35.2 Å². The van der Waals surface area contributed by atoms with Gasteiger partial charge in [0.1, 0.15) is 0 Å². The van der Waals surface area contributed by atoms with Gasteiger partial charge in [0.15, 0.2) is 11.5 Å². The van der Waals surface area contributed by atoms with Crippen molar-refractivity contribution in [2.75, 3.05) is 20.8 Å². The third kappa shape index (κ3) is 5.18. The van der Waals surface area contributed by atoms with Gasteiger partial charge in [0.2, 0.25) is 10.0 Å². The van der Waals surface area contributed by atoms with Crippen LogP contribution in [0.3, 0.4) is 0 Å². The molecule has 120 valence electrons. The van der Waals surface area contributed by atoms with Crippen LogP contribution in [0.25, 0.3) is 0 Å². The molecule has 0 aliphatic rings. The highest BCUT2D eigenvalue weighted by molar-refractivity contribution is 7.89. The van der Waals surface area contributed by atoms with Crippen molar-refractivity contribution < 1.29 is 17.9 Å². The summed E-state index contributed by atoms with van der Waals surface area (Å²) in [4.78, 5) is 0.122. The van der Waals surface area contributed by atoms with Crippen LogP contribution in [0, 0.1) is 5.92 Å². The monoisotopic (exact) mass is 316 g/mol. The molecule has 0 bridgehead atoms. The SMILES string of the molecule is COc1ccc(S(=O)(=O)NCC(N)CC(C)C)cc1OC. The van der Waals surface area contributed by atoms with Gasteiger partial charge in [-0.2, -0.15) is 0 Å². The Hall–Kier alpha value is -1.31. The van der Waals surface area contributed by atoms with Gasteiger partial charge in [-0.3, -0.25) is 0 Å². The maximum atomic E-state index is 12.2. The minimum absolute atomic E-state index is 0.122. The van der Waals surface area contributed by atoms with E-state index in [0.717, 1.165) is 6.42 Å². The standard InChI is InChI=1S/C14H24N2O4S/c1-10(2)7-11(15)9-16-21(17,18)12-5-6-13(19-3)14(8-12)20-4/h5-6,8,10-11,16H,7,9,15H2,1-4H3. The summed E-state index contributed by atoms with van der Waals surface area (Å²) in [5.74, 6) is 1.27. The summed E-state index contributed by atoms with van der Waals surface area (Å²) in [5.41, 5.74) is 5.89. The summed E-state index contributed by atoms with van der Waals surface area (Å²) in [6, 6.07) is 4.24. The number of ether oxygens (including phenoxy) is 2. The van der Waals surface area contributed by atoms with Crippen LogP contribution in [0.1, 0.15) is 20.3 Å². The Morgan fingerprint density at radius 3 is 2.33 bits per heavy atom. The van der Waals surface area contributed by atoms with Crippen LogP contribution < -0.4 is 19.9 Å². The lowest BCUT2D eigenvalue weighted by Crippen LogP contribution is -2.38. The van der Waals surface area contributed by atoms with E-state index in [1.807, 2.05) is 13.8 Å². The molecule has 1 aromatic carbocycles. The number of rotatable bonds is 8. The van der Waals surface area contributed by atoms with Gasteiger partial charge in [-0.15, -0.1) is 0 Å². The summed E-state index contributed by atoms with van der Waals surface area (Å²) >= 11 is 0. The predicted octanol–water partition coefficient (Wildman–Crippen LogP) is 1.36. The zero-order valence-electron chi connectivity index (χ0n) is 12.9. The van der Waals surface area contributed by atoms with Crippen molar-refractivity contribution >= 4 is 10.0 Å². The normalized spacial score (nSPS) is 13.2. The lowest BCUT2D eigenvalue weighted by molar-refractivity contribution is 0.354. The first-order valence-corrected chi connectivity index (χ1v) is 8.25. The molecule has 0 heterocycles. The van der Waals surface area contributed by atoms with Crippen molar-refractivity contribution in [3.05, 3.63) is 18.2 Å². The van der Waals surface area contributed by atoms with E-state index >= 15 is 0 Å². The molecule has 0 saturated heterocycles. The molecule has 0 fully saturated rings. The molecular formula is C14H24N2O4S. The molecule has 1 unspecified atom stereocenters. The van der Waals surface area contributed by atoms with Gasteiger partial charge in [0.25, 0.3) is 0 Å². The first kappa shape index (κ1) is 17.7. The van der Waals surface area contributed by atoms with Gasteiger partial charge < -0.3 is 15.2 Å². The Kier molecular flexibility index (Phi) is 6.44. The van der Waals surface area contributed by atoms with Crippen LogP contribution >= 0.6 is 0 Å². The molecular weight excluding hydrogens is 292 g/mol. The maximum Gasteiger partial charge on any atom is 0.240 e. The van der Waals surface area contributed by atoms with Gasteiger partial charge in [-0.1, -0.05) is 13.8 Å². The fraction of sp³-hybridized carbons (Fsp3) is 0.571. The van der Waals surface area contributed by atoms with Crippen molar-refractivity contribution in [1.29, 1.82) is 0 Å². The third-order valence-corrected chi connectivity index (χ3v) is 4.40. The minimum atomic E-state index is -3.61. The number of hydrogen-bond acceptors (Lipinski definition) is 5. The number of methoxy groups -OCH3 is 2. The van der Waals surface area contributed by atoms with E-state index in [2.05, 4.69) is 4.72 Å². The first-order valence-electron chi connectivity index (χ1n) is 6.77. The predicted molar refractivity (Wildman–Crippen MR) is 82.2 cm³/mol. The Balaban J connectivity index is 2.83. The summed E-state index contributed by atoms with van der Waals surface area (Å²) in [7, 11) is -0.660. The second-order valence-corrected chi connectivity index (χ2v) is 7.03. The molecule has 0 aromatic heterocycles. The Bertz CT molecular complexity index is 558. The number of hydrogen-bond donors (Lipinski definition) is 2. The zero-order chi connectivity index (χ0) is 16.0. The average Bonchev–Trinajstić information content (AvgIpc) is 2.43. The number of sulfonamides is 1. The molecule has 0 amide bonds. The Morgan fingerprint density at radius 1 is 1.19 bits per heavy atom. The second-order valence-electron chi connectivity index (χ2n) is 5.26. The van der Waals surface area contributed by atoms with Gasteiger partial charge in [-0.05, 0) is 24.5 Å². The van der Waals surface area contributed by atoms with Crippen LogP contribution in [0.4, 0.5) is 0 Å². The number of nitrogens with one attached hydrogen (secondary N) is 1. The summed E-state index contributed by atoms with van der Waals surface area (Å²) in [6.45, 7) is 4.29. The smallest absolute Gasteiger partial charge is 0.240 e. The van der Waals surface area contributed by atoms with Crippen molar-refractivity contribution in [2.24, 2.45) is 11.7 Å². The Morgan fingerprint density at radius 2 is 1.81 bits per heavy atom. The molecule has 3 N–H and O–H groups in total. The summed E-state index contributed by atoms with van der Waals surface area (Å²) in [5, 5.41) is 0. The summed E-state index contributed by atoms with van der Waals surface area (Å²) in [6.07, 6.45) is 0.758. The summed E-state index contributed by atoms with van der Waals surface area (Å²) < 4.78 is 37.2. The van der Waals surface area contributed by atoms with Gasteiger partial charge in [-0.25, -0.2) is 13.1 Å². The lowest BCUT2D eigenvalue weighted by Gasteiger charge is -2.15. The fourth-order valence-corrected chi connectivity index (χ4v) is 3.08. The number of nitrogens with two attached hydrogens (primary N) is 1. The molecule has 1 atom stereocenters. The highest BCUT2D eigenvalue weighted by Crippen LogP contribution is 2.29. The van der Waals surface area contributed by atoms with Crippen molar-refractivity contribution in [3.63, 3.8) is 0 Å². The lowest BCUT2D eigenvalue weighted by atomic mass is 10.1. The van der Waals surface area contributed by atoms with Crippen LogP contribution in [0.2, 0.25) is 0 Å². The molecule has 21 heavy (non-hydrogen) atoms. The van der Waals surface area contributed by atoms with Crippen molar-refractivity contribution in [1.82, 2.24) is 4.72 Å². The molecule has 1 aromatic rings. The van der Waals surface area contributed by atoms with E-state index in [1.165, 1.54) is 26.4 Å². The van der Waals surface area contributed by atoms with Crippen LogP contribution in [0.15, 0.2) is 23.1 Å². The van der Waals surface area contributed by atoms with E-state index in [9.17, 15) is 8.42 Å². The van der Waals surface area contributed by atoms with Gasteiger partial charge in [0.05, 0.1) is 19.1 Å². The van der Waals surface area contributed by atoms with Crippen molar-refractivity contribution in [3.8, 4) is 11.5 Å². The quantitative estimate of drug-likeness (QED) is 0.755. The molecule has 1 rings (SSSR count). The largest absolute Gasteiger partial charge is 0.493 e. The molecule has 6 nitrogen and oxygen atoms in total. The molecule has 0 spiro atoms. The van der Waals surface area contributed by atoms with E-state index in [4.69, 9.17) is 15.2 Å². The van der Waals surface area contributed by atoms with E-state index in [0.29, 0.717) is 17.4 Å². The van der Waals surface area contributed by atoms with E-state index < -0.39 is 10.0 Å². The minimum Gasteiger partial charge on any atom is -0.493 e. The molecule has 7 heteroatoms. The van der Waals surface area contributed by atoms with E-state index in [-0.39, 0.29) is 17.5 Å². The highest BCUT2D eigenvalue weighted by Gasteiger charge is 2.18. The highest BCUT2D eigenvalue weighted by atomic mass is 32.2. The molecule has 0 saturated carbocycles. The number of benzene rings is 1. The average molecular weight is 316 g/mol. The molecule has 0 aliphatic heterocycles. The molecule has 0 aliphatic carbocycles. The fourth-order valence-electron chi connectivity index (χ4n) is 1.97. The van der Waals surface area contributed by atoms with Crippen molar-refractivity contribution in [2.45, 2.75) is 31.2 Å². The van der Waals surface area contributed by atoms with Gasteiger partial charge in [0, 0.05) is 18.7 Å². The first-order chi connectivity index (χ1) is 9.80.